The number of carbonyl (C=O) groups excluding carboxylic acids is 3. The fourth-order valence-corrected chi connectivity index (χ4v) is 13.2. The Kier molecular flexibility index (Phi) is 16.4. The van der Waals surface area contributed by atoms with Gasteiger partial charge in [-0.25, -0.2) is 9.78 Å². The van der Waals surface area contributed by atoms with E-state index in [0.29, 0.717) is 16.5 Å². The highest BCUT2D eigenvalue weighted by Gasteiger charge is 2.55. The lowest BCUT2D eigenvalue weighted by atomic mass is 9.77. The van der Waals surface area contributed by atoms with Gasteiger partial charge in [0, 0.05) is 37.9 Å². The molecule has 10 aromatic rings. The van der Waals surface area contributed by atoms with Gasteiger partial charge in [0.05, 0.1) is 0 Å². The number of rotatable bonds is 20. The maximum absolute atomic E-state index is 15.6. The van der Waals surface area contributed by atoms with E-state index in [0.717, 1.165) is 49.0 Å². The van der Waals surface area contributed by atoms with Crippen LogP contribution in [0.1, 0.15) is 56.3 Å². The van der Waals surface area contributed by atoms with E-state index in [1.807, 2.05) is 231 Å². The summed E-state index contributed by atoms with van der Waals surface area (Å²) in [6, 6.07) is 84.9. The van der Waals surface area contributed by atoms with Gasteiger partial charge in [-0.1, -0.05) is 264 Å². The maximum Gasteiger partial charge on any atom is 0.356 e. The van der Waals surface area contributed by atoms with Crippen molar-refractivity contribution in [1.82, 2.24) is 15.2 Å². The van der Waals surface area contributed by atoms with Crippen LogP contribution in [0.2, 0.25) is 0 Å². The summed E-state index contributed by atoms with van der Waals surface area (Å²) in [6.45, 7) is -0.00559. The zero-order valence-corrected chi connectivity index (χ0v) is 48.3. The third-order valence-corrected chi connectivity index (χ3v) is 17.5. The minimum atomic E-state index is -1.38. The fraction of sp³-hybridized carbons (Fsp3) is 0.100. The van der Waals surface area contributed by atoms with Gasteiger partial charge in [0.1, 0.15) is 40.7 Å². The number of fused-ring (bicyclic) bond motifs is 1. The van der Waals surface area contributed by atoms with Crippen LogP contribution in [0.25, 0.3) is 0 Å². The van der Waals surface area contributed by atoms with Gasteiger partial charge >= 0.3 is 5.97 Å². The summed E-state index contributed by atoms with van der Waals surface area (Å²) in [5.41, 5.74) is 4.93. The van der Waals surface area contributed by atoms with Gasteiger partial charge < -0.3 is 24.9 Å². The summed E-state index contributed by atoms with van der Waals surface area (Å²) in [7, 11) is 0. The van der Waals surface area contributed by atoms with Crippen molar-refractivity contribution in [2.24, 2.45) is 5.16 Å². The van der Waals surface area contributed by atoms with E-state index in [4.69, 9.17) is 24.5 Å². The number of aromatic nitrogens is 1. The first kappa shape index (κ1) is 55.2. The number of carbonyl (C=O) groups is 3. The van der Waals surface area contributed by atoms with E-state index in [2.05, 4.69) is 63.0 Å². The highest BCUT2D eigenvalue weighted by Crippen LogP contribution is 2.45. The van der Waals surface area contributed by atoms with Crippen LogP contribution >= 0.6 is 39.0 Å². The van der Waals surface area contributed by atoms with Crippen LogP contribution < -0.4 is 15.4 Å². The highest BCUT2D eigenvalue weighted by molar-refractivity contribution is 9.10. The smallest absolute Gasteiger partial charge is 0.356 e. The molecule has 2 aliphatic rings. The van der Waals surface area contributed by atoms with Crippen LogP contribution in [0.5, 0.6) is 5.75 Å². The lowest BCUT2D eigenvalue weighted by molar-refractivity contribution is -0.154. The highest BCUT2D eigenvalue weighted by atomic mass is 79.9. The van der Waals surface area contributed by atoms with Crippen molar-refractivity contribution in [2.75, 3.05) is 17.7 Å². The Hall–Kier alpha value is -9.34. The number of esters is 1. The Morgan fingerprint density at radius 2 is 1.05 bits per heavy atom. The molecule has 2 amide bonds. The van der Waals surface area contributed by atoms with Crippen LogP contribution in [0.3, 0.4) is 0 Å². The molecule has 0 bridgehead atoms. The third-order valence-electron chi connectivity index (χ3n) is 14.9. The summed E-state index contributed by atoms with van der Waals surface area (Å²) >= 11 is 6.21. The van der Waals surface area contributed by atoms with Crippen LogP contribution in [-0.4, -0.2) is 57.2 Å². The molecule has 12 rings (SSSR count). The van der Waals surface area contributed by atoms with E-state index in [9.17, 15) is 0 Å². The SMILES string of the molecule is O=C(NC1C(=O)N2C(C(=O)OC(c3ccccc3)c3ccccc3)=C(COc3ccc(Br)cc3)CS[C@@H]12)C(=NOC(c1ccccc1)(c1ccccc1)c1ccccc1)c1csc(NC(c2ccccc2)(c2ccccc2)c2ccccc2)n1. The monoisotopic (exact) mass is 1200 g/mol. The minimum Gasteiger partial charge on any atom is -0.489 e. The van der Waals surface area contributed by atoms with Gasteiger partial charge in [-0.2, -0.15) is 0 Å². The van der Waals surface area contributed by atoms with E-state index in [1.165, 1.54) is 28.0 Å². The second-order valence-corrected chi connectivity index (χ2v) is 22.9. The number of nitrogens with zero attached hydrogens (tertiary/aromatic N) is 3. The van der Waals surface area contributed by atoms with Crippen molar-refractivity contribution in [2.45, 2.75) is 28.7 Å². The molecule has 84 heavy (non-hydrogen) atoms. The Bertz CT molecular complexity index is 3710. The van der Waals surface area contributed by atoms with Crippen molar-refractivity contribution >= 4 is 67.7 Å². The number of ether oxygens (including phenoxy) is 2. The molecule has 14 heteroatoms. The zero-order chi connectivity index (χ0) is 57.3. The second-order valence-electron chi connectivity index (χ2n) is 20.0. The number of benzene rings is 9. The molecule has 2 atom stereocenters. The Labute approximate surface area is 503 Å². The minimum absolute atomic E-state index is 0.00559. The molecule has 414 valence electrons. The van der Waals surface area contributed by atoms with Gasteiger partial charge in [-0.05, 0) is 52.1 Å². The molecule has 1 aromatic heterocycles. The number of oxime groups is 1. The number of hydrogen-bond donors (Lipinski definition) is 2. The number of thiazole rings is 1. The number of hydrogen-bond acceptors (Lipinski definition) is 11. The molecule has 1 saturated heterocycles. The van der Waals surface area contributed by atoms with Gasteiger partial charge in [-0.3, -0.25) is 14.5 Å². The van der Waals surface area contributed by atoms with Gasteiger partial charge in [0.25, 0.3) is 11.8 Å². The molecule has 3 heterocycles. The van der Waals surface area contributed by atoms with Gasteiger partial charge in [-0.15, -0.1) is 23.1 Å². The first-order chi connectivity index (χ1) is 41.3. The largest absolute Gasteiger partial charge is 0.489 e. The third kappa shape index (κ3) is 11.2. The molecule has 1 unspecified atom stereocenters. The first-order valence-electron chi connectivity index (χ1n) is 27.3. The number of nitrogens with one attached hydrogen (secondary N) is 2. The molecular formula is C70H54BrN5O6S2. The van der Waals surface area contributed by atoms with E-state index in [1.54, 1.807) is 5.38 Å². The number of anilines is 1. The number of amides is 2. The summed E-state index contributed by atoms with van der Waals surface area (Å²) in [6.07, 6.45) is -0.801. The molecule has 0 spiro atoms. The number of halogens is 1. The van der Waals surface area contributed by atoms with Crippen molar-refractivity contribution < 1.29 is 28.7 Å². The second kappa shape index (κ2) is 25.0. The Morgan fingerprint density at radius 3 is 1.51 bits per heavy atom. The van der Waals surface area contributed by atoms with E-state index in [-0.39, 0.29) is 29.5 Å². The predicted octanol–water partition coefficient (Wildman–Crippen LogP) is 14.1. The topological polar surface area (TPSA) is 131 Å². The molecule has 0 saturated carbocycles. The van der Waals surface area contributed by atoms with Crippen LogP contribution in [0, 0.1) is 0 Å². The predicted molar refractivity (Wildman–Crippen MR) is 334 cm³/mol. The number of β-lactam (4-membered cyclic amide) rings is 1. The Balaban J connectivity index is 0.933. The molecule has 9 aromatic carbocycles. The summed E-state index contributed by atoms with van der Waals surface area (Å²) in [4.78, 5) is 59.3. The number of thioether (sulfide) groups is 1. The summed E-state index contributed by atoms with van der Waals surface area (Å²) in [5, 5.41) is 13.3. The normalized spacial score (nSPS) is 15.1. The summed E-state index contributed by atoms with van der Waals surface area (Å²) in [5.74, 6) is -1.09. The van der Waals surface area contributed by atoms with Crippen molar-refractivity contribution in [3.8, 4) is 5.75 Å². The van der Waals surface area contributed by atoms with Gasteiger partial charge in [0.2, 0.25) is 5.60 Å². The molecule has 0 aliphatic carbocycles. The lowest BCUT2D eigenvalue weighted by Gasteiger charge is -2.49. The molecule has 2 N–H and O–H groups in total. The molecule has 11 nitrogen and oxygen atoms in total. The zero-order valence-electron chi connectivity index (χ0n) is 45.1. The van der Waals surface area contributed by atoms with E-state index >= 15 is 14.4 Å². The van der Waals surface area contributed by atoms with Crippen LogP contribution in [0.15, 0.2) is 293 Å². The van der Waals surface area contributed by atoms with Crippen molar-refractivity contribution in [3.05, 3.63) is 338 Å². The average Bonchev–Trinajstić information content (AvgIpc) is 1.38. The quantitative estimate of drug-likeness (QED) is 0.0252. The summed E-state index contributed by atoms with van der Waals surface area (Å²) < 4.78 is 13.6. The van der Waals surface area contributed by atoms with Crippen molar-refractivity contribution in [3.63, 3.8) is 0 Å². The lowest BCUT2D eigenvalue weighted by Crippen LogP contribution is -2.71. The Morgan fingerprint density at radius 1 is 0.607 bits per heavy atom. The van der Waals surface area contributed by atoms with Crippen LogP contribution in [0.4, 0.5) is 5.13 Å². The molecule has 1 fully saturated rings. The average molecular weight is 1210 g/mol. The molecule has 2 aliphatic heterocycles. The molecule has 0 radical (unpaired) electrons. The maximum atomic E-state index is 15.6. The molecular weight excluding hydrogens is 1150 g/mol. The standard InChI is InChI=1S/C70H54BrN5O6S2/c71-57-41-43-58(44-42-57)80-45-50-46-83-66-61(65(78)76(66)62(50)67(79)81-63(48-25-9-1-10-26-48)49-27-11-2-12-28-49)73-64(77)60(75-82-70(54-35-19-6-20-36-54,55-37-21-7-22-38-55)56-39-23-8-24-40-56)59-47-84-68(72-59)74-69(51-29-13-3-14-30-51,52-31-15-4-16-32-52)53-33-17-5-18-34-53/h1-44,47,61,63,66H,45-46H2,(H,72,74)(H,73,77)/t61?,66-/m0/s1. The van der Waals surface area contributed by atoms with Crippen molar-refractivity contribution in [1.29, 1.82) is 0 Å². The first-order valence-corrected chi connectivity index (χ1v) is 30.0. The van der Waals surface area contributed by atoms with E-state index < -0.39 is 46.4 Å². The fourth-order valence-electron chi connectivity index (χ4n) is 10.8. The van der Waals surface area contributed by atoms with Gasteiger partial charge in [0.15, 0.2) is 16.9 Å². The van der Waals surface area contributed by atoms with Crippen LogP contribution in [-0.2, 0) is 35.1 Å².